The molecule has 3 aromatic rings. The predicted molar refractivity (Wildman–Crippen MR) is 99.1 cm³/mol. The van der Waals surface area contributed by atoms with Crippen LogP contribution in [0, 0.1) is 0 Å². The van der Waals surface area contributed by atoms with Gasteiger partial charge in [0.05, 0.1) is 33.0 Å². The molecule has 136 valence electrons. The normalized spacial score (nSPS) is 12.0. The van der Waals surface area contributed by atoms with Crippen LogP contribution in [0.3, 0.4) is 0 Å². The Morgan fingerprint density at radius 2 is 1.92 bits per heavy atom. The molecule has 0 bridgehead atoms. The number of hydrogen-bond acceptors (Lipinski definition) is 7. The van der Waals surface area contributed by atoms with Crippen LogP contribution in [0.4, 0.5) is 0 Å². The molecule has 0 saturated heterocycles. The number of aromatic nitrogens is 2. The average Bonchev–Trinajstić information content (AvgIpc) is 3.11. The number of carbonyl (C=O) groups is 1. The Hall–Kier alpha value is -2.87. The molecule has 8 heteroatoms. The molecular weight excluding hydrogens is 356 g/mol. The molecule has 7 nitrogen and oxygen atoms in total. The zero-order valence-electron chi connectivity index (χ0n) is 14.8. The molecule has 0 radical (unpaired) electrons. The Morgan fingerprint density at radius 3 is 2.58 bits per heavy atom. The number of nitrogens with zero attached hydrogens (tertiary/aromatic N) is 2. The molecule has 0 amide bonds. The predicted octanol–water partition coefficient (Wildman–Crippen LogP) is 2.88. The van der Waals surface area contributed by atoms with E-state index in [0.717, 1.165) is 11.1 Å². The van der Waals surface area contributed by atoms with E-state index in [9.17, 15) is 9.59 Å². The zero-order valence-corrected chi connectivity index (χ0v) is 15.6. The minimum Gasteiger partial charge on any atom is -0.493 e. The summed E-state index contributed by atoms with van der Waals surface area (Å²) in [6.07, 6.45) is 1.38. The molecule has 26 heavy (non-hydrogen) atoms. The van der Waals surface area contributed by atoms with Crippen molar-refractivity contribution in [1.29, 1.82) is 0 Å². The summed E-state index contributed by atoms with van der Waals surface area (Å²) >= 11 is 1.37. The molecule has 0 saturated carbocycles. The smallest absolute Gasteiger partial charge is 0.328 e. The minimum atomic E-state index is -0.762. The van der Waals surface area contributed by atoms with E-state index in [0.29, 0.717) is 21.7 Å². The Labute approximate surface area is 153 Å². The van der Waals surface area contributed by atoms with Crippen molar-refractivity contribution in [2.75, 3.05) is 21.3 Å². The quantitative estimate of drug-likeness (QED) is 0.639. The molecule has 1 atom stereocenters. The molecule has 3 rings (SSSR count). The van der Waals surface area contributed by atoms with Gasteiger partial charge < -0.3 is 14.2 Å². The van der Waals surface area contributed by atoms with E-state index in [1.165, 1.54) is 29.3 Å². The topological polar surface area (TPSA) is 79.7 Å². The zero-order chi connectivity index (χ0) is 18.8. The third kappa shape index (κ3) is 2.92. The summed E-state index contributed by atoms with van der Waals surface area (Å²) in [5.74, 6) is 0.665. The number of esters is 1. The van der Waals surface area contributed by atoms with Gasteiger partial charge in [0.15, 0.2) is 11.5 Å². The van der Waals surface area contributed by atoms with E-state index < -0.39 is 12.0 Å². The Bertz CT molecular complexity index is 1020. The van der Waals surface area contributed by atoms with Crippen molar-refractivity contribution in [3.63, 3.8) is 0 Å². The maximum atomic E-state index is 13.0. The highest BCUT2D eigenvalue weighted by molar-refractivity contribution is 7.17. The number of hydrogen-bond donors (Lipinski definition) is 0. The number of benzene rings is 1. The highest BCUT2D eigenvalue weighted by atomic mass is 32.1. The minimum absolute atomic E-state index is 0.293. The van der Waals surface area contributed by atoms with E-state index in [1.54, 1.807) is 33.3 Å². The summed E-state index contributed by atoms with van der Waals surface area (Å²) in [5.41, 5.74) is 1.24. The van der Waals surface area contributed by atoms with Gasteiger partial charge in [0, 0.05) is 10.9 Å². The van der Waals surface area contributed by atoms with Gasteiger partial charge in [-0.3, -0.25) is 9.36 Å². The van der Waals surface area contributed by atoms with Gasteiger partial charge in [-0.1, -0.05) is 6.07 Å². The third-order valence-electron chi connectivity index (χ3n) is 4.17. The number of ether oxygens (including phenoxy) is 3. The Morgan fingerprint density at radius 1 is 1.19 bits per heavy atom. The Kier molecular flexibility index (Phi) is 4.94. The van der Waals surface area contributed by atoms with Crippen LogP contribution in [-0.4, -0.2) is 36.8 Å². The SMILES string of the molecule is COC(=O)[C@H](C)n1cnc2scc(-c3ccc(OC)c(OC)c3)c2c1=O. The molecule has 2 heterocycles. The summed E-state index contributed by atoms with van der Waals surface area (Å²) in [5, 5.41) is 2.33. The summed E-state index contributed by atoms with van der Waals surface area (Å²) in [7, 11) is 4.41. The van der Waals surface area contributed by atoms with E-state index in [1.807, 2.05) is 11.4 Å². The summed E-state index contributed by atoms with van der Waals surface area (Å²) in [6, 6.07) is 4.68. The van der Waals surface area contributed by atoms with Gasteiger partial charge in [0.1, 0.15) is 10.9 Å². The maximum Gasteiger partial charge on any atom is 0.328 e. The van der Waals surface area contributed by atoms with Crippen molar-refractivity contribution >= 4 is 27.5 Å². The van der Waals surface area contributed by atoms with Gasteiger partial charge in [-0.25, -0.2) is 9.78 Å². The lowest BCUT2D eigenvalue weighted by atomic mass is 10.1. The molecule has 0 aliphatic rings. The van der Waals surface area contributed by atoms with E-state index in [4.69, 9.17) is 14.2 Å². The van der Waals surface area contributed by atoms with E-state index in [2.05, 4.69) is 4.98 Å². The van der Waals surface area contributed by atoms with Gasteiger partial charge in [-0.05, 0) is 24.6 Å². The largest absolute Gasteiger partial charge is 0.493 e. The van der Waals surface area contributed by atoms with E-state index >= 15 is 0 Å². The first-order chi connectivity index (χ1) is 12.5. The highest BCUT2D eigenvalue weighted by Gasteiger charge is 2.21. The standard InChI is InChI=1S/C18H18N2O5S/c1-10(18(22)25-4)20-9-19-16-15(17(20)21)12(8-26-16)11-5-6-13(23-2)14(7-11)24-3/h5-10H,1-4H3/t10-/m0/s1. The first kappa shape index (κ1) is 17.9. The molecular formula is C18H18N2O5S. The lowest BCUT2D eigenvalue weighted by Crippen LogP contribution is -2.29. The second-order valence-electron chi connectivity index (χ2n) is 5.56. The number of fused-ring (bicyclic) bond motifs is 1. The fourth-order valence-corrected chi connectivity index (χ4v) is 3.63. The molecule has 0 spiro atoms. The fourth-order valence-electron chi connectivity index (χ4n) is 2.72. The second-order valence-corrected chi connectivity index (χ2v) is 6.41. The van der Waals surface area contributed by atoms with Crippen LogP contribution in [0.25, 0.3) is 21.3 Å². The van der Waals surface area contributed by atoms with Crippen LogP contribution >= 0.6 is 11.3 Å². The molecule has 0 fully saturated rings. The number of methoxy groups -OCH3 is 3. The summed E-state index contributed by atoms with van der Waals surface area (Å²) in [6.45, 7) is 1.60. The lowest BCUT2D eigenvalue weighted by Gasteiger charge is -2.12. The van der Waals surface area contributed by atoms with Crippen LogP contribution in [-0.2, 0) is 9.53 Å². The Balaban J connectivity index is 2.19. The number of thiophene rings is 1. The molecule has 0 N–H and O–H groups in total. The second kappa shape index (κ2) is 7.17. The van der Waals surface area contributed by atoms with Crippen LogP contribution in [0.15, 0.2) is 34.7 Å². The highest BCUT2D eigenvalue weighted by Crippen LogP contribution is 2.36. The number of rotatable bonds is 5. The fraction of sp³-hybridized carbons (Fsp3) is 0.278. The average molecular weight is 374 g/mol. The monoisotopic (exact) mass is 374 g/mol. The van der Waals surface area contributed by atoms with Crippen molar-refractivity contribution in [2.24, 2.45) is 0 Å². The molecule has 0 aliphatic heterocycles. The maximum absolute atomic E-state index is 13.0. The lowest BCUT2D eigenvalue weighted by molar-refractivity contribution is -0.144. The van der Waals surface area contributed by atoms with Gasteiger partial charge in [-0.15, -0.1) is 11.3 Å². The molecule has 2 aromatic heterocycles. The third-order valence-corrected chi connectivity index (χ3v) is 5.06. The van der Waals surface area contributed by atoms with Gasteiger partial charge in [-0.2, -0.15) is 0 Å². The van der Waals surface area contributed by atoms with Crippen LogP contribution in [0.2, 0.25) is 0 Å². The van der Waals surface area contributed by atoms with Crippen LogP contribution < -0.4 is 15.0 Å². The van der Waals surface area contributed by atoms with Crippen LogP contribution in [0.5, 0.6) is 11.5 Å². The molecule has 1 aromatic carbocycles. The van der Waals surface area contributed by atoms with Gasteiger partial charge in [0.25, 0.3) is 5.56 Å². The summed E-state index contributed by atoms with van der Waals surface area (Å²) < 4.78 is 16.6. The van der Waals surface area contributed by atoms with Crippen molar-refractivity contribution in [3.05, 3.63) is 40.3 Å². The number of carbonyl (C=O) groups excluding carboxylic acids is 1. The van der Waals surface area contributed by atoms with Gasteiger partial charge >= 0.3 is 5.97 Å². The van der Waals surface area contributed by atoms with Crippen molar-refractivity contribution in [3.8, 4) is 22.6 Å². The molecule has 0 unspecified atom stereocenters. The van der Waals surface area contributed by atoms with Gasteiger partial charge in [0.2, 0.25) is 0 Å². The van der Waals surface area contributed by atoms with Crippen molar-refractivity contribution in [1.82, 2.24) is 9.55 Å². The summed E-state index contributed by atoms with van der Waals surface area (Å²) in [4.78, 5) is 29.7. The first-order valence-electron chi connectivity index (χ1n) is 7.80. The van der Waals surface area contributed by atoms with Crippen LogP contribution in [0.1, 0.15) is 13.0 Å². The molecule has 0 aliphatic carbocycles. The van der Waals surface area contributed by atoms with E-state index in [-0.39, 0.29) is 5.56 Å². The first-order valence-corrected chi connectivity index (χ1v) is 8.68. The van der Waals surface area contributed by atoms with Crippen molar-refractivity contribution in [2.45, 2.75) is 13.0 Å². The van der Waals surface area contributed by atoms with Crippen molar-refractivity contribution < 1.29 is 19.0 Å².